The highest BCUT2D eigenvalue weighted by atomic mass is 16.3. The first-order valence-electron chi connectivity index (χ1n) is 7.12. The van der Waals surface area contributed by atoms with Crippen LogP contribution in [0.15, 0.2) is 54.6 Å². The van der Waals surface area contributed by atoms with Crippen LogP contribution in [0.25, 0.3) is 0 Å². The minimum atomic E-state index is -0.420. The molecule has 0 aromatic heterocycles. The molecule has 0 heterocycles. The average molecular weight is 269 g/mol. The lowest BCUT2D eigenvalue weighted by Gasteiger charge is -2.21. The summed E-state index contributed by atoms with van der Waals surface area (Å²) in [6.07, 6.45) is 0.592. The average Bonchev–Trinajstić information content (AvgIpc) is 2.47. The molecule has 0 radical (unpaired) electrons. The third-order valence-corrected chi connectivity index (χ3v) is 3.57. The van der Waals surface area contributed by atoms with Crippen molar-refractivity contribution < 1.29 is 5.11 Å². The molecule has 0 bridgehead atoms. The maximum absolute atomic E-state index is 10.2. The zero-order valence-corrected chi connectivity index (χ0v) is 12.3. The Morgan fingerprint density at radius 2 is 1.65 bits per heavy atom. The number of likely N-dealkylation sites (N-methyl/N-ethyl adjacent to an activating group) is 1. The molecular formula is C18H23NO. The van der Waals surface area contributed by atoms with Crippen molar-refractivity contribution in [3.05, 3.63) is 71.3 Å². The van der Waals surface area contributed by atoms with Gasteiger partial charge in [0.05, 0.1) is 6.10 Å². The first-order valence-corrected chi connectivity index (χ1v) is 7.12. The van der Waals surface area contributed by atoms with Crippen molar-refractivity contribution in [3.63, 3.8) is 0 Å². The molecule has 0 amide bonds. The third-order valence-electron chi connectivity index (χ3n) is 3.57. The molecule has 20 heavy (non-hydrogen) atoms. The lowest BCUT2D eigenvalue weighted by atomic mass is 10.1. The number of hydrogen-bond acceptors (Lipinski definition) is 2. The quantitative estimate of drug-likeness (QED) is 0.870. The number of aryl methyl sites for hydroxylation is 1. The molecule has 2 heteroatoms. The Balaban J connectivity index is 1.82. The first kappa shape index (κ1) is 14.8. The maximum Gasteiger partial charge on any atom is 0.0916 e. The Morgan fingerprint density at radius 3 is 2.30 bits per heavy atom. The molecule has 0 aliphatic rings. The van der Waals surface area contributed by atoms with Gasteiger partial charge in [0.2, 0.25) is 0 Å². The summed E-state index contributed by atoms with van der Waals surface area (Å²) in [5.74, 6) is 0. The lowest BCUT2D eigenvalue weighted by Crippen LogP contribution is -2.26. The molecule has 2 aromatic rings. The summed E-state index contributed by atoms with van der Waals surface area (Å²) in [5.41, 5.74) is 3.55. The predicted molar refractivity (Wildman–Crippen MR) is 83.8 cm³/mol. The van der Waals surface area contributed by atoms with Crippen LogP contribution in [0, 0.1) is 6.92 Å². The van der Waals surface area contributed by atoms with Crippen molar-refractivity contribution in [2.75, 3.05) is 20.1 Å². The van der Waals surface area contributed by atoms with Crippen molar-refractivity contribution in [2.45, 2.75) is 19.4 Å². The number of aliphatic hydroxyl groups is 1. The standard InChI is InChI=1S/C18H23NO/c1-15-8-10-17(11-9-15)18(20)14-19(2)13-12-16-6-4-3-5-7-16/h3-11,18,20H,12-14H2,1-2H3. The summed E-state index contributed by atoms with van der Waals surface area (Å²) < 4.78 is 0. The van der Waals surface area contributed by atoms with E-state index in [-0.39, 0.29) is 0 Å². The monoisotopic (exact) mass is 269 g/mol. The zero-order chi connectivity index (χ0) is 14.4. The Labute approximate surface area is 121 Å². The van der Waals surface area contributed by atoms with Gasteiger partial charge < -0.3 is 10.0 Å². The van der Waals surface area contributed by atoms with E-state index in [1.54, 1.807) is 0 Å². The van der Waals surface area contributed by atoms with Crippen LogP contribution < -0.4 is 0 Å². The number of benzene rings is 2. The van der Waals surface area contributed by atoms with Crippen molar-refractivity contribution in [3.8, 4) is 0 Å². The van der Waals surface area contributed by atoms with Gasteiger partial charge in [0, 0.05) is 13.1 Å². The van der Waals surface area contributed by atoms with Gasteiger partial charge in [-0.25, -0.2) is 0 Å². The van der Waals surface area contributed by atoms with E-state index in [2.05, 4.69) is 43.1 Å². The molecule has 106 valence electrons. The van der Waals surface area contributed by atoms with Gasteiger partial charge in [-0.1, -0.05) is 60.2 Å². The minimum Gasteiger partial charge on any atom is -0.387 e. The highest BCUT2D eigenvalue weighted by molar-refractivity contribution is 5.23. The van der Waals surface area contributed by atoms with E-state index in [1.807, 2.05) is 30.3 Å². The topological polar surface area (TPSA) is 23.5 Å². The molecule has 2 rings (SSSR count). The van der Waals surface area contributed by atoms with Gasteiger partial charge in [0.1, 0.15) is 0 Å². The highest BCUT2D eigenvalue weighted by Crippen LogP contribution is 2.14. The largest absolute Gasteiger partial charge is 0.387 e. The Bertz CT molecular complexity index is 507. The van der Waals surface area contributed by atoms with Crippen molar-refractivity contribution in [1.82, 2.24) is 4.90 Å². The van der Waals surface area contributed by atoms with E-state index < -0.39 is 6.10 Å². The van der Waals surface area contributed by atoms with Gasteiger partial charge in [-0.3, -0.25) is 0 Å². The number of hydrogen-bond donors (Lipinski definition) is 1. The van der Waals surface area contributed by atoms with Crippen LogP contribution >= 0.6 is 0 Å². The van der Waals surface area contributed by atoms with E-state index >= 15 is 0 Å². The fraction of sp³-hybridized carbons (Fsp3) is 0.333. The summed E-state index contributed by atoms with van der Waals surface area (Å²) in [6, 6.07) is 18.6. The Hall–Kier alpha value is -1.64. The number of aliphatic hydroxyl groups excluding tert-OH is 1. The minimum absolute atomic E-state index is 0.420. The number of nitrogens with zero attached hydrogens (tertiary/aromatic N) is 1. The molecule has 0 fully saturated rings. The molecule has 0 aliphatic carbocycles. The van der Waals surface area contributed by atoms with E-state index in [0.29, 0.717) is 6.54 Å². The molecule has 2 nitrogen and oxygen atoms in total. The summed E-state index contributed by atoms with van der Waals surface area (Å²) in [5, 5.41) is 10.2. The van der Waals surface area contributed by atoms with Gasteiger partial charge in [0.25, 0.3) is 0 Å². The second-order valence-electron chi connectivity index (χ2n) is 5.42. The molecule has 0 saturated heterocycles. The van der Waals surface area contributed by atoms with Crippen LogP contribution in [0.4, 0.5) is 0 Å². The zero-order valence-electron chi connectivity index (χ0n) is 12.3. The van der Waals surface area contributed by atoms with Gasteiger partial charge in [-0.2, -0.15) is 0 Å². The Morgan fingerprint density at radius 1 is 1.00 bits per heavy atom. The molecular weight excluding hydrogens is 246 g/mol. The maximum atomic E-state index is 10.2. The van der Waals surface area contributed by atoms with Crippen LogP contribution in [0.5, 0.6) is 0 Å². The molecule has 2 aromatic carbocycles. The molecule has 0 spiro atoms. The number of rotatable bonds is 6. The first-order chi connectivity index (χ1) is 9.65. The second-order valence-corrected chi connectivity index (χ2v) is 5.42. The SMILES string of the molecule is Cc1ccc(C(O)CN(C)CCc2ccccc2)cc1. The van der Waals surface area contributed by atoms with Crippen LogP contribution in [-0.2, 0) is 6.42 Å². The molecule has 0 saturated carbocycles. The van der Waals surface area contributed by atoms with Crippen molar-refractivity contribution >= 4 is 0 Å². The fourth-order valence-corrected chi connectivity index (χ4v) is 2.25. The van der Waals surface area contributed by atoms with Gasteiger partial charge in [0.15, 0.2) is 0 Å². The van der Waals surface area contributed by atoms with Gasteiger partial charge in [-0.15, -0.1) is 0 Å². The molecule has 0 aliphatic heterocycles. The second kappa shape index (κ2) is 7.22. The third kappa shape index (κ3) is 4.48. The summed E-state index contributed by atoms with van der Waals surface area (Å²) >= 11 is 0. The van der Waals surface area contributed by atoms with Gasteiger partial charge in [-0.05, 0) is 31.5 Å². The van der Waals surface area contributed by atoms with Gasteiger partial charge >= 0.3 is 0 Å². The van der Waals surface area contributed by atoms with Crippen molar-refractivity contribution in [2.24, 2.45) is 0 Å². The predicted octanol–water partition coefficient (Wildman–Crippen LogP) is 3.20. The van der Waals surface area contributed by atoms with Crippen LogP contribution in [-0.4, -0.2) is 30.1 Å². The highest BCUT2D eigenvalue weighted by Gasteiger charge is 2.10. The van der Waals surface area contributed by atoms with Crippen LogP contribution in [0.2, 0.25) is 0 Å². The summed E-state index contributed by atoms with van der Waals surface area (Å²) in [6.45, 7) is 3.67. The normalized spacial score (nSPS) is 12.6. The van der Waals surface area contributed by atoms with Crippen molar-refractivity contribution in [1.29, 1.82) is 0 Å². The molecule has 1 N–H and O–H groups in total. The fourth-order valence-electron chi connectivity index (χ4n) is 2.25. The summed E-state index contributed by atoms with van der Waals surface area (Å²) in [7, 11) is 2.06. The van der Waals surface area contributed by atoms with E-state index in [9.17, 15) is 5.11 Å². The smallest absolute Gasteiger partial charge is 0.0916 e. The van der Waals surface area contributed by atoms with E-state index in [1.165, 1.54) is 11.1 Å². The van der Waals surface area contributed by atoms with Crippen LogP contribution in [0.3, 0.4) is 0 Å². The molecule has 1 unspecified atom stereocenters. The molecule has 1 atom stereocenters. The van der Waals surface area contributed by atoms with E-state index in [4.69, 9.17) is 0 Å². The van der Waals surface area contributed by atoms with E-state index in [0.717, 1.165) is 18.5 Å². The Kier molecular flexibility index (Phi) is 5.33. The summed E-state index contributed by atoms with van der Waals surface area (Å²) in [4.78, 5) is 2.18. The van der Waals surface area contributed by atoms with Crippen LogP contribution in [0.1, 0.15) is 22.8 Å². The lowest BCUT2D eigenvalue weighted by molar-refractivity contribution is 0.127.